The number of carbonyl (C=O) groups excluding carboxylic acids is 1. The zero-order valence-corrected chi connectivity index (χ0v) is 19.6. The fourth-order valence-corrected chi connectivity index (χ4v) is 4.19. The number of carbonyl (C=O) groups is 1. The van der Waals surface area contributed by atoms with E-state index in [-0.39, 0.29) is 11.7 Å². The van der Waals surface area contributed by atoms with Crippen LogP contribution in [-0.2, 0) is 11.2 Å². The molecule has 33 heavy (non-hydrogen) atoms. The average Bonchev–Trinajstić information content (AvgIpc) is 3.28. The predicted octanol–water partition coefficient (Wildman–Crippen LogP) is 5.05. The third-order valence-corrected chi connectivity index (χ3v) is 6.16. The second-order valence-corrected chi connectivity index (χ2v) is 8.60. The van der Waals surface area contributed by atoms with Gasteiger partial charge in [-0.2, -0.15) is 0 Å². The summed E-state index contributed by atoms with van der Waals surface area (Å²) in [6, 6.07) is 25.2. The predicted molar refractivity (Wildman–Crippen MR) is 132 cm³/mol. The van der Waals surface area contributed by atoms with Gasteiger partial charge in [-0.25, -0.2) is 0 Å². The topological polar surface area (TPSA) is 69.0 Å². The number of nitrogens with one attached hydrogen (secondary N) is 1. The minimum absolute atomic E-state index is 0.0560. The van der Waals surface area contributed by atoms with Crippen LogP contribution in [0.25, 0.3) is 17.1 Å². The highest BCUT2D eigenvalue weighted by Gasteiger charge is 2.17. The maximum absolute atomic E-state index is 12.4. The van der Waals surface area contributed by atoms with Gasteiger partial charge in [0.25, 0.3) is 0 Å². The van der Waals surface area contributed by atoms with Crippen LogP contribution in [-0.4, -0.2) is 40.1 Å². The fourth-order valence-electron chi connectivity index (χ4n) is 3.28. The zero-order valence-electron chi connectivity index (χ0n) is 18.1. The van der Waals surface area contributed by atoms with E-state index in [9.17, 15) is 4.79 Å². The monoisotopic (exact) mass is 478 g/mol. The maximum atomic E-state index is 12.4. The number of thioether (sulfide) groups is 1. The molecular formula is C25H23ClN4O2S. The Balaban J connectivity index is 1.46. The molecule has 0 aliphatic heterocycles. The Labute approximate surface area is 202 Å². The molecule has 1 heterocycles. The van der Waals surface area contributed by atoms with E-state index in [1.807, 2.05) is 83.4 Å². The Morgan fingerprint density at radius 1 is 1.00 bits per heavy atom. The lowest BCUT2D eigenvalue weighted by atomic mass is 10.1. The second kappa shape index (κ2) is 11.0. The smallest absolute Gasteiger partial charge is 0.230 e. The van der Waals surface area contributed by atoms with E-state index < -0.39 is 0 Å². The highest BCUT2D eigenvalue weighted by molar-refractivity contribution is 7.99. The lowest BCUT2D eigenvalue weighted by Gasteiger charge is -2.11. The second-order valence-electron chi connectivity index (χ2n) is 7.22. The lowest BCUT2D eigenvalue weighted by molar-refractivity contribution is -0.118. The number of hydrogen-bond donors (Lipinski definition) is 1. The minimum atomic E-state index is -0.0560. The van der Waals surface area contributed by atoms with Crippen LogP contribution in [0.1, 0.15) is 5.56 Å². The quantitative estimate of drug-likeness (QED) is 0.341. The van der Waals surface area contributed by atoms with Crippen molar-refractivity contribution in [2.75, 3.05) is 19.4 Å². The van der Waals surface area contributed by atoms with Crippen molar-refractivity contribution in [3.8, 4) is 22.8 Å². The number of rotatable bonds is 9. The minimum Gasteiger partial charge on any atom is -0.497 e. The van der Waals surface area contributed by atoms with Crippen molar-refractivity contribution in [1.29, 1.82) is 0 Å². The van der Waals surface area contributed by atoms with Gasteiger partial charge in [0.15, 0.2) is 11.0 Å². The van der Waals surface area contributed by atoms with E-state index in [1.165, 1.54) is 11.8 Å². The molecular weight excluding hydrogens is 456 g/mol. The number of amides is 1. The molecule has 0 radical (unpaired) electrons. The average molecular weight is 479 g/mol. The Kier molecular flexibility index (Phi) is 7.65. The summed E-state index contributed by atoms with van der Waals surface area (Å²) in [5, 5.41) is 13.1. The molecule has 0 aliphatic carbocycles. The SMILES string of the molecule is COc1ccc(-n2c(SCC(=O)NCCc3ccc(Cl)cc3)nnc2-c2ccccc2)cc1. The molecule has 0 atom stereocenters. The maximum Gasteiger partial charge on any atom is 0.230 e. The van der Waals surface area contributed by atoms with Gasteiger partial charge >= 0.3 is 0 Å². The number of ether oxygens (including phenoxy) is 1. The van der Waals surface area contributed by atoms with E-state index in [2.05, 4.69) is 15.5 Å². The Morgan fingerprint density at radius 2 is 1.73 bits per heavy atom. The number of nitrogens with zero attached hydrogens (tertiary/aromatic N) is 3. The molecule has 0 fully saturated rings. The first kappa shape index (κ1) is 22.9. The van der Waals surface area contributed by atoms with Crippen LogP contribution in [0.15, 0.2) is 84.0 Å². The summed E-state index contributed by atoms with van der Waals surface area (Å²) in [6.07, 6.45) is 0.744. The van der Waals surface area contributed by atoms with Gasteiger partial charge in [-0.05, 0) is 48.4 Å². The summed E-state index contributed by atoms with van der Waals surface area (Å²) < 4.78 is 7.24. The standard InChI is InChI=1S/C25H23ClN4O2S/c1-32-22-13-11-21(12-14-22)30-24(19-5-3-2-4-6-19)28-29-25(30)33-17-23(31)27-16-15-18-7-9-20(26)10-8-18/h2-14H,15-17H2,1H3,(H,27,31). The van der Waals surface area contributed by atoms with Crippen molar-refractivity contribution in [1.82, 2.24) is 20.1 Å². The molecule has 1 aromatic heterocycles. The highest BCUT2D eigenvalue weighted by atomic mass is 35.5. The van der Waals surface area contributed by atoms with Crippen LogP contribution in [0.5, 0.6) is 5.75 Å². The Morgan fingerprint density at radius 3 is 2.42 bits per heavy atom. The molecule has 0 saturated heterocycles. The van der Waals surface area contributed by atoms with Gasteiger partial charge in [-0.15, -0.1) is 10.2 Å². The van der Waals surface area contributed by atoms with Crippen molar-refractivity contribution < 1.29 is 9.53 Å². The van der Waals surface area contributed by atoms with E-state index in [0.717, 1.165) is 29.0 Å². The summed E-state index contributed by atoms with van der Waals surface area (Å²) in [5.74, 6) is 1.66. The summed E-state index contributed by atoms with van der Waals surface area (Å²) >= 11 is 7.27. The summed E-state index contributed by atoms with van der Waals surface area (Å²) in [7, 11) is 1.63. The summed E-state index contributed by atoms with van der Waals surface area (Å²) in [6.45, 7) is 0.557. The van der Waals surface area contributed by atoms with E-state index in [0.29, 0.717) is 22.5 Å². The highest BCUT2D eigenvalue weighted by Crippen LogP contribution is 2.28. The number of benzene rings is 3. The molecule has 0 aliphatic rings. The van der Waals surface area contributed by atoms with E-state index in [1.54, 1.807) is 7.11 Å². The molecule has 0 saturated carbocycles. The van der Waals surface area contributed by atoms with Gasteiger partial charge in [0.2, 0.25) is 5.91 Å². The van der Waals surface area contributed by atoms with Crippen molar-refractivity contribution in [2.24, 2.45) is 0 Å². The van der Waals surface area contributed by atoms with Crippen molar-refractivity contribution in [3.63, 3.8) is 0 Å². The zero-order chi connectivity index (χ0) is 23.0. The first-order chi connectivity index (χ1) is 16.1. The number of aromatic nitrogens is 3. The molecule has 0 spiro atoms. The molecule has 1 N–H and O–H groups in total. The third-order valence-electron chi connectivity index (χ3n) is 4.98. The largest absolute Gasteiger partial charge is 0.497 e. The molecule has 4 aromatic rings. The number of methoxy groups -OCH3 is 1. The van der Waals surface area contributed by atoms with Crippen LogP contribution in [0.4, 0.5) is 0 Å². The molecule has 4 rings (SSSR count). The van der Waals surface area contributed by atoms with Crippen molar-refractivity contribution in [2.45, 2.75) is 11.6 Å². The van der Waals surface area contributed by atoms with Crippen LogP contribution >= 0.6 is 23.4 Å². The van der Waals surface area contributed by atoms with Crippen molar-refractivity contribution >= 4 is 29.3 Å². The molecule has 0 bridgehead atoms. The van der Waals surface area contributed by atoms with Gasteiger partial charge in [-0.3, -0.25) is 9.36 Å². The van der Waals surface area contributed by atoms with Gasteiger partial charge in [0.05, 0.1) is 12.9 Å². The van der Waals surface area contributed by atoms with E-state index in [4.69, 9.17) is 16.3 Å². The Hall–Kier alpha value is -3.29. The molecule has 8 heteroatoms. The molecule has 0 unspecified atom stereocenters. The van der Waals surface area contributed by atoms with Crippen molar-refractivity contribution in [3.05, 3.63) is 89.4 Å². The first-order valence-corrected chi connectivity index (χ1v) is 11.8. The first-order valence-electron chi connectivity index (χ1n) is 10.4. The van der Waals surface area contributed by atoms with Gasteiger partial charge in [0, 0.05) is 22.8 Å². The molecule has 168 valence electrons. The van der Waals surface area contributed by atoms with Gasteiger partial charge < -0.3 is 10.1 Å². The number of hydrogen-bond acceptors (Lipinski definition) is 5. The normalized spacial score (nSPS) is 10.7. The molecule has 6 nitrogen and oxygen atoms in total. The summed E-state index contributed by atoms with van der Waals surface area (Å²) in [4.78, 5) is 12.4. The van der Waals surface area contributed by atoms with Gasteiger partial charge in [-0.1, -0.05) is 65.8 Å². The lowest BCUT2D eigenvalue weighted by Crippen LogP contribution is -2.27. The van der Waals surface area contributed by atoms with E-state index >= 15 is 0 Å². The fraction of sp³-hybridized carbons (Fsp3) is 0.160. The molecule has 1 amide bonds. The van der Waals surface area contributed by atoms with Gasteiger partial charge in [0.1, 0.15) is 5.75 Å². The van der Waals surface area contributed by atoms with Crippen LogP contribution < -0.4 is 10.1 Å². The van der Waals surface area contributed by atoms with Crippen LogP contribution in [0.2, 0.25) is 5.02 Å². The number of halogens is 1. The summed E-state index contributed by atoms with van der Waals surface area (Å²) in [5.41, 5.74) is 2.96. The van der Waals surface area contributed by atoms with Crippen LogP contribution in [0, 0.1) is 0 Å². The molecule has 3 aromatic carbocycles. The third kappa shape index (κ3) is 5.94. The Bertz CT molecular complexity index is 1200. The van der Waals surface area contributed by atoms with Crippen LogP contribution in [0.3, 0.4) is 0 Å².